The lowest BCUT2D eigenvalue weighted by atomic mass is 10.1. The van der Waals surface area contributed by atoms with Gasteiger partial charge in [-0.1, -0.05) is 13.8 Å². The number of carbonyl (C=O) groups excluding carboxylic acids is 2. The Morgan fingerprint density at radius 2 is 2.38 bits per heavy atom. The topological polar surface area (TPSA) is 55.8 Å². The summed E-state index contributed by atoms with van der Waals surface area (Å²) in [6.07, 6.45) is 0.684. The number of carbonyl (C=O) groups is 2. The summed E-state index contributed by atoms with van der Waals surface area (Å²) in [6.45, 7) is 4.75. The van der Waals surface area contributed by atoms with E-state index in [0.29, 0.717) is 25.3 Å². The number of esters is 1. The third kappa shape index (κ3) is 2.35. The van der Waals surface area contributed by atoms with E-state index in [0.717, 1.165) is 0 Å². The number of fused-ring (bicyclic) bond motifs is 1. The van der Waals surface area contributed by atoms with Crippen LogP contribution in [-0.2, 0) is 19.1 Å². The molecule has 5 nitrogen and oxygen atoms in total. The molecule has 16 heavy (non-hydrogen) atoms. The molecule has 0 N–H and O–H groups in total. The van der Waals surface area contributed by atoms with E-state index in [4.69, 9.17) is 9.47 Å². The van der Waals surface area contributed by atoms with E-state index in [1.807, 2.05) is 13.8 Å². The molecular formula is C11H17NO4. The number of ether oxygens (including phenoxy) is 2. The standard InChI is InChI=1S/C11H17NO4/c1-7(2)3-11(14)15-6-8-5-12-9(13)4-10(12)16-8/h7-8,10H,3-6H2,1-2H3. The minimum atomic E-state index is -0.195. The first-order chi connectivity index (χ1) is 7.56. The van der Waals surface area contributed by atoms with Crippen LogP contribution >= 0.6 is 0 Å². The van der Waals surface area contributed by atoms with E-state index >= 15 is 0 Å². The van der Waals surface area contributed by atoms with Gasteiger partial charge in [-0.25, -0.2) is 0 Å². The lowest BCUT2D eigenvalue weighted by Gasteiger charge is -2.31. The molecule has 2 aliphatic heterocycles. The van der Waals surface area contributed by atoms with E-state index < -0.39 is 0 Å². The van der Waals surface area contributed by atoms with Crippen molar-refractivity contribution in [1.29, 1.82) is 0 Å². The zero-order chi connectivity index (χ0) is 11.7. The largest absolute Gasteiger partial charge is 0.463 e. The lowest BCUT2D eigenvalue weighted by Crippen LogP contribution is -2.48. The molecule has 2 unspecified atom stereocenters. The number of hydrogen-bond donors (Lipinski definition) is 0. The summed E-state index contributed by atoms with van der Waals surface area (Å²) < 4.78 is 10.6. The van der Waals surface area contributed by atoms with Gasteiger partial charge in [0.15, 0.2) is 0 Å². The van der Waals surface area contributed by atoms with Crippen LogP contribution in [0.2, 0.25) is 0 Å². The van der Waals surface area contributed by atoms with Crippen LogP contribution < -0.4 is 0 Å². The van der Waals surface area contributed by atoms with E-state index in [9.17, 15) is 9.59 Å². The molecule has 2 fully saturated rings. The van der Waals surface area contributed by atoms with E-state index in [1.165, 1.54) is 0 Å². The summed E-state index contributed by atoms with van der Waals surface area (Å²) in [5.74, 6) is 0.235. The average molecular weight is 227 g/mol. The van der Waals surface area contributed by atoms with Crippen molar-refractivity contribution in [3.8, 4) is 0 Å². The van der Waals surface area contributed by atoms with Gasteiger partial charge in [-0.3, -0.25) is 9.59 Å². The van der Waals surface area contributed by atoms with E-state index in [1.54, 1.807) is 4.90 Å². The zero-order valence-electron chi connectivity index (χ0n) is 9.64. The predicted molar refractivity (Wildman–Crippen MR) is 55.4 cm³/mol. The van der Waals surface area contributed by atoms with Crippen LogP contribution in [0.3, 0.4) is 0 Å². The third-order valence-electron chi connectivity index (χ3n) is 2.77. The van der Waals surface area contributed by atoms with Crippen molar-refractivity contribution in [2.24, 2.45) is 5.92 Å². The Morgan fingerprint density at radius 1 is 1.62 bits per heavy atom. The molecule has 0 saturated carbocycles. The van der Waals surface area contributed by atoms with Gasteiger partial charge >= 0.3 is 5.97 Å². The highest BCUT2D eigenvalue weighted by Gasteiger charge is 2.45. The maximum absolute atomic E-state index is 11.3. The predicted octanol–water partition coefficient (Wildman–Crippen LogP) is 0.533. The Morgan fingerprint density at radius 3 is 2.94 bits per heavy atom. The summed E-state index contributed by atoms with van der Waals surface area (Å²) in [4.78, 5) is 24.1. The van der Waals surface area contributed by atoms with Crippen molar-refractivity contribution in [1.82, 2.24) is 4.90 Å². The van der Waals surface area contributed by atoms with Gasteiger partial charge in [-0.15, -0.1) is 0 Å². The molecule has 2 aliphatic rings. The Bertz CT molecular complexity index is 302. The van der Waals surface area contributed by atoms with Crippen molar-refractivity contribution in [3.63, 3.8) is 0 Å². The maximum atomic E-state index is 11.3. The SMILES string of the molecule is CC(C)CC(=O)OCC1CN2C(=O)CC2O1. The molecule has 2 saturated heterocycles. The fraction of sp³-hybridized carbons (Fsp3) is 0.818. The molecule has 1 amide bonds. The van der Waals surface area contributed by atoms with Gasteiger partial charge in [0.05, 0.1) is 13.0 Å². The maximum Gasteiger partial charge on any atom is 0.306 e. The summed E-state index contributed by atoms with van der Waals surface area (Å²) >= 11 is 0. The van der Waals surface area contributed by atoms with Gasteiger partial charge < -0.3 is 14.4 Å². The van der Waals surface area contributed by atoms with Gasteiger partial charge in [0.2, 0.25) is 5.91 Å². The minimum Gasteiger partial charge on any atom is -0.463 e. The third-order valence-corrected chi connectivity index (χ3v) is 2.77. The molecule has 2 rings (SSSR count). The summed E-state index contributed by atoms with van der Waals surface area (Å²) in [5, 5.41) is 0. The monoisotopic (exact) mass is 227 g/mol. The quantitative estimate of drug-likeness (QED) is 0.519. The second kappa shape index (κ2) is 4.41. The summed E-state index contributed by atoms with van der Waals surface area (Å²) in [6, 6.07) is 0. The molecule has 5 heteroatoms. The molecule has 0 aromatic heterocycles. The molecule has 0 aliphatic carbocycles. The normalized spacial score (nSPS) is 27.9. The van der Waals surface area contributed by atoms with E-state index in [-0.39, 0.29) is 30.8 Å². The van der Waals surface area contributed by atoms with E-state index in [2.05, 4.69) is 0 Å². The van der Waals surface area contributed by atoms with Crippen LogP contribution in [0.25, 0.3) is 0 Å². The first-order valence-electron chi connectivity index (χ1n) is 5.67. The van der Waals surface area contributed by atoms with Crippen LogP contribution in [-0.4, -0.2) is 42.3 Å². The molecule has 90 valence electrons. The minimum absolute atomic E-state index is 0.0682. The fourth-order valence-corrected chi connectivity index (χ4v) is 1.92. The molecular weight excluding hydrogens is 210 g/mol. The van der Waals surface area contributed by atoms with Gasteiger partial charge in [-0.2, -0.15) is 0 Å². The van der Waals surface area contributed by atoms with Gasteiger partial charge in [0.25, 0.3) is 0 Å². The number of β-lactam (4-membered cyclic amide) rings is 1. The van der Waals surface area contributed by atoms with Gasteiger partial charge in [0, 0.05) is 6.42 Å². The summed E-state index contributed by atoms with van der Waals surface area (Å²) in [5.41, 5.74) is 0. The van der Waals surface area contributed by atoms with Crippen molar-refractivity contribution < 1.29 is 19.1 Å². The van der Waals surface area contributed by atoms with Crippen molar-refractivity contribution >= 4 is 11.9 Å². The van der Waals surface area contributed by atoms with Gasteiger partial charge in [-0.05, 0) is 5.92 Å². The highest BCUT2D eigenvalue weighted by atomic mass is 16.6. The molecule has 0 aromatic rings. The number of rotatable bonds is 4. The molecule has 2 heterocycles. The Labute approximate surface area is 94.7 Å². The first-order valence-corrected chi connectivity index (χ1v) is 5.67. The van der Waals surface area contributed by atoms with Crippen LogP contribution in [0, 0.1) is 5.92 Å². The van der Waals surface area contributed by atoms with Crippen LogP contribution in [0.5, 0.6) is 0 Å². The smallest absolute Gasteiger partial charge is 0.306 e. The van der Waals surface area contributed by atoms with Crippen molar-refractivity contribution in [2.75, 3.05) is 13.2 Å². The zero-order valence-corrected chi connectivity index (χ0v) is 9.64. The Hall–Kier alpha value is -1.10. The van der Waals surface area contributed by atoms with Gasteiger partial charge in [0.1, 0.15) is 18.9 Å². The Balaban J connectivity index is 1.68. The molecule has 0 aromatic carbocycles. The van der Waals surface area contributed by atoms with Crippen LogP contribution in [0.4, 0.5) is 0 Å². The average Bonchev–Trinajstić information content (AvgIpc) is 2.51. The second-order valence-corrected chi connectivity index (χ2v) is 4.74. The van der Waals surface area contributed by atoms with Crippen LogP contribution in [0.15, 0.2) is 0 Å². The second-order valence-electron chi connectivity index (χ2n) is 4.74. The molecule has 0 bridgehead atoms. The molecule has 0 radical (unpaired) electrons. The number of nitrogens with zero attached hydrogens (tertiary/aromatic N) is 1. The molecule has 0 spiro atoms. The highest BCUT2D eigenvalue weighted by Crippen LogP contribution is 2.28. The van der Waals surface area contributed by atoms with Crippen molar-refractivity contribution in [2.45, 2.75) is 39.0 Å². The summed E-state index contributed by atoms with van der Waals surface area (Å²) in [7, 11) is 0. The lowest BCUT2D eigenvalue weighted by molar-refractivity contribution is -0.159. The number of amides is 1. The first kappa shape index (κ1) is 11.4. The molecule has 2 atom stereocenters. The highest BCUT2D eigenvalue weighted by molar-refractivity contribution is 5.83. The fourth-order valence-electron chi connectivity index (χ4n) is 1.92. The number of hydrogen-bond acceptors (Lipinski definition) is 4. The van der Waals surface area contributed by atoms with Crippen molar-refractivity contribution in [3.05, 3.63) is 0 Å². The Kier molecular flexibility index (Phi) is 3.14. The van der Waals surface area contributed by atoms with Crippen LogP contribution in [0.1, 0.15) is 26.7 Å².